The molecule has 63 heavy (non-hydrogen) atoms. The third kappa shape index (κ3) is 8.43. The number of fused-ring (bicyclic) bond motifs is 8. The zero-order chi connectivity index (χ0) is 45.7. The summed E-state index contributed by atoms with van der Waals surface area (Å²) in [5, 5.41) is 14.0. The summed E-state index contributed by atoms with van der Waals surface area (Å²) in [5.74, 6) is -4.91. The Bertz CT molecular complexity index is 2650. The number of anilines is 1. The van der Waals surface area contributed by atoms with Crippen molar-refractivity contribution < 1.29 is 57.1 Å². The lowest BCUT2D eigenvalue weighted by molar-refractivity contribution is -0.159. The van der Waals surface area contributed by atoms with E-state index in [1.165, 1.54) is 51.2 Å². The van der Waals surface area contributed by atoms with E-state index in [0.717, 1.165) is 0 Å². The molecule has 0 aromatic heterocycles. The molecule has 2 aromatic carbocycles. The van der Waals surface area contributed by atoms with Crippen molar-refractivity contribution in [2.45, 2.75) is 92.3 Å². The number of methoxy groups -OCH3 is 1. The molecule has 6 bridgehead atoms. The lowest BCUT2D eigenvalue weighted by Crippen LogP contribution is -2.45. The smallest absolute Gasteiger partial charge is 0.312 e. The minimum atomic E-state index is -1.96. The van der Waals surface area contributed by atoms with Crippen molar-refractivity contribution in [1.82, 2.24) is 9.88 Å². The fourth-order valence-electron chi connectivity index (χ4n) is 8.52. The molecular formula is C47H53N3O13. The first kappa shape index (κ1) is 44.6. The fourth-order valence-corrected chi connectivity index (χ4v) is 8.52. The maximum absolute atomic E-state index is 15.4. The van der Waals surface area contributed by atoms with Crippen molar-refractivity contribution >= 4 is 51.1 Å². The summed E-state index contributed by atoms with van der Waals surface area (Å²) in [6, 6.07) is 2.78. The van der Waals surface area contributed by atoms with Gasteiger partial charge in [0, 0.05) is 69.5 Å². The standard InChI is InChI=1S/C47H53N3O13/c1-22-12-11-13-24(3)46(56)49-39-40(54)35-34(38-44(39)61-32-21-29(20-30(53)37(32)48-38)58-17-15-50(9)27(6)51)36-43-26(5)42(35)62-33(19-23(2)18-22)41(60-28(7)52)25(4)31(57-10)14-16-59-47(8,63-43)45(36)55/h11-14,16,20-23,25,31,33,41,53H,15,17-19H2,1-10H3,(H,49,56)/b12-11+,16-14+,24-13-/t22?,23-,25-,31+,33?,41?,47+/m1/s1. The highest BCUT2D eigenvalue weighted by Gasteiger charge is 2.51. The topological polar surface area (TPSA) is 202 Å². The van der Waals surface area contributed by atoms with E-state index in [2.05, 4.69) is 19.2 Å². The van der Waals surface area contributed by atoms with E-state index < -0.39 is 53.1 Å². The molecule has 2 N–H and O–H groups in total. The maximum atomic E-state index is 15.4. The van der Waals surface area contributed by atoms with Gasteiger partial charge in [0.2, 0.25) is 11.3 Å². The Hall–Kier alpha value is -6.42. The molecular weight excluding hydrogens is 815 g/mol. The van der Waals surface area contributed by atoms with Crippen molar-refractivity contribution in [1.29, 1.82) is 0 Å². The fraction of sp³-hybridized carbons (Fsp3) is 0.447. The normalized spacial score (nSPS) is 26.8. The van der Waals surface area contributed by atoms with Crippen molar-refractivity contribution in [2.24, 2.45) is 17.8 Å². The van der Waals surface area contributed by atoms with Crippen LogP contribution in [0.5, 0.6) is 23.0 Å². The minimum absolute atomic E-state index is 0.0105. The lowest BCUT2D eigenvalue weighted by atomic mass is 9.85. The highest BCUT2D eigenvalue weighted by Crippen LogP contribution is 2.52. The zero-order valence-electron chi connectivity index (χ0n) is 37.1. The maximum Gasteiger partial charge on any atom is 0.312 e. The summed E-state index contributed by atoms with van der Waals surface area (Å²) in [6.07, 6.45) is 6.77. The third-order valence-electron chi connectivity index (χ3n) is 12.0. The van der Waals surface area contributed by atoms with Crippen LogP contribution in [0.3, 0.4) is 0 Å². The second-order valence-electron chi connectivity index (χ2n) is 16.9. The Balaban J connectivity index is 1.60. The molecule has 0 fully saturated rings. The Morgan fingerprint density at radius 1 is 1.05 bits per heavy atom. The number of amides is 2. The Morgan fingerprint density at radius 2 is 1.79 bits per heavy atom. The van der Waals surface area contributed by atoms with Crippen LogP contribution < -0.4 is 25.0 Å². The summed E-state index contributed by atoms with van der Waals surface area (Å²) in [5.41, 5.74) is -0.816. The van der Waals surface area contributed by atoms with Crippen LogP contribution in [-0.2, 0) is 28.6 Å². The molecule has 5 aliphatic rings. The summed E-state index contributed by atoms with van der Waals surface area (Å²) in [7, 11) is 3.12. The van der Waals surface area contributed by atoms with E-state index in [4.69, 9.17) is 37.8 Å². The molecule has 3 unspecified atom stereocenters. The molecule has 2 aromatic rings. The Morgan fingerprint density at radius 3 is 2.49 bits per heavy atom. The lowest BCUT2D eigenvalue weighted by Gasteiger charge is -2.36. The third-order valence-corrected chi connectivity index (χ3v) is 12.0. The number of phenols is 1. The first-order valence-electron chi connectivity index (χ1n) is 20.9. The van der Waals surface area contributed by atoms with Crippen molar-refractivity contribution in [2.75, 3.05) is 32.6 Å². The number of likely N-dealkylation sites (N-methyl/N-ethyl adjacent to an activating group) is 1. The molecule has 1 aliphatic carbocycles. The number of Topliss-reactive ketones (excluding diaryl/α,β-unsaturated/α-hetero) is 1. The average Bonchev–Trinajstić information content (AvgIpc) is 3.48. The number of rotatable bonds is 6. The molecule has 0 saturated carbocycles. The first-order valence-corrected chi connectivity index (χ1v) is 20.9. The number of hydrogen-bond acceptors (Lipinski definition) is 14. The van der Waals surface area contributed by atoms with Gasteiger partial charge < -0.3 is 48.2 Å². The molecule has 4 aliphatic heterocycles. The number of aromatic nitrogens is 1. The van der Waals surface area contributed by atoms with Gasteiger partial charge in [0.1, 0.15) is 58.7 Å². The monoisotopic (exact) mass is 867 g/mol. The van der Waals surface area contributed by atoms with Gasteiger partial charge in [-0.1, -0.05) is 39.0 Å². The van der Waals surface area contributed by atoms with Crippen LogP contribution in [-0.4, -0.2) is 90.0 Å². The summed E-state index contributed by atoms with van der Waals surface area (Å²) in [6.45, 7) is 13.7. The van der Waals surface area contributed by atoms with Crippen LogP contribution in [0, 0.1) is 24.7 Å². The van der Waals surface area contributed by atoms with E-state index in [1.54, 1.807) is 39.1 Å². The molecule has 2 amide bonds. The predicted molar refractivity (Wildman–Crippen MR) is 232 cm³/mol. The number of nitrogens with one attached hydrogen (secondary N) is 1. The quantitative estimate of drug-likeness (QED) is 0.114. The highest BCUT2D eigenvalue weighted by molar-refractivity contribution is 6.22. The van der Waals surface area contributed by atoms with E-state index in [0.29, 0.717) is 12.8 Å². The van der Waals surface area contributed by atoms with Crippen LogP contribution in [0.2, 0.25) is 0 Å². The Labute approximate surface area is 364 Å². The molecule has 0 spiro atoms. The van der Waals surface area contributed by atoms with Gasteiger partial charge in [-0.25, -0.2) is 4.98 Å². The number of ketones is 1. The highest BCUT2D eigenvalue weighted by atomic mass is 16.7. The van der Waals surface area contributed by atoms with Gasteiger partial charge >= 0.3 is 11.8 Å². The molecule has 7 atom stereocenters. The number of carbonyl (C=O) groups is 4. The van der Waals surface area contributed by atoms with E-state index >= 15 is 4.79 Å². The number of benzene rings is 3. The number of esters is 1. The largest absolute Gasteiger partial charge is 0.505 e. The van der Waals surface area contributed by atoms with E-state index in [1.807, 2.05) is 13.0 Å². The number of phenolic OH excluding ortho intramolecular Hbond substituents is 1. The van der Waals surface area contributed by atoms with Gasteiger partial charge in [0.15, 0.2) is 11.3 Å². The number of aromatic hydroxyl groups is 1. The average molecular weight is 868 g/mol. The van der Waals surface area contributed by atoms with Gasteiger partial charge in [-0.15, -0.1) is 0 Å². The van der Waals surface area contributed by atoms with Crippen LogP contribution in [0.25, 0.3) is 33.3 Å². The Kier molecular flexibility index (Phi) is 12.3. The van der Waals surface area contributed by atoms with Gasteiger partial charge in [-0.05, 0) is 44.6 Å². The minimum Gasteiger partial charge on any atom is -0.505 e. The number of ether oxygens (including phenoxy) is 6. The second-order valence-corrected chi connectivity index (χ2v) is 16.9. The summed E-state index contributed by atoms with van der Waals surface area (Å²) >= 11 is 0. The van der Waals surface area contributed by atoms with Crippen molar-refractivity contribution in [3.8, 4) is 34.5 Å². The van der Waals surface area contributed by atoms with E-state index in [-0.39, 0.29) is 110 Å². The van der Waals surface area contributed by atoms with Crippen LogP contribution >= 0.6 is 0 Å². The molecule has 0 radical (unpaired) electrons. The van der Waals surface area contributed by atoms with E-state index in [9.17, 15) is 24.3 Å². The number of hydrogen-bond donors (Lipinski definition) is 2. The van der Waals surface area contributed by atoms with Crippen molar-refractivity contribution in [3.05, 3.63) is 69.6 Å². The number of allylic oxidation sites excluding steroid dienone is 3. The molecule has 16 nitrogen and oxygen atoms in total. The molecule has 4 heterocycles. The molecule has 7 rings (SSSR count). The number of carbonyl (C=O) groups excluding carboxylic acids is 4. The summed E-state index contributed by atoms with van der Waals surface area (Å²) in [4.78, 5) is 75.3. The van der Waals surface area contributed by atoms with Gasteiger partial charge in [-0.3, -0.25) is 24.0 Å². The summed E-state index contributed by atoms with van der Waals surface area (Å²) < 4.78 is 43.9. The van der Waals surface area contributed by atoms with Crippen LogP contribution in [0.1, 0.15) is 77.2 Å². The SMILES string of the molecule is CO[C@H]1/C=C/O[C@@]2(C)Oc3c(C)c4c5c(=O)c(c6oc7cc(OCCN(C)C(C)=O)cc(O)c7nc-6c5c3C2=O)NC(=O)/C(C)=C\C=C\C(C)C[C@@H](C)CC(O4)C(OC(C)=O)[C@@H]1C. The molecule has 334 valence electrons. The van der Waals surface area contributed by atoms with Crippen LogP contribution in [0.4, 0.5) is 5.69 Å². The first-order chi connectivity index (χ1) is 29.8. The van der Waals surface area contributed by atoms with Gasteiger partial charge in [-0.2, -0.15) is 0 Å². The molecule has 16 heteroatoms. The van der Waals surface area contributed by atoms with Crippen molar-refractivity contribution in [3.63, 3.8) is 0 Å². The number of nitrogens with zero attached hydrogens (tertiary/aromatic N) is 2. The van der Waals surface area contributed by atoms with Gasteiger partial charge in [0.05, 0.1) is 29.9 Å². The molecule has 0 saturated heterocycles. The second kappa shape index (κ2) is 17.4. The zero-order valence-corrected chi connectivity index (χ0v) is 37.1. The van der Waals surface area contributed by atoms with Crippen LogP contribution in [0.15, 0.2) is 57.5 Å². The van der Waals surface area contributed by atoms with Gasteiger partial charge in [0.25, 0.3) is 11.7 Å². The predicted octanol–water partition coefficient (Wildman–Crippen LogP) is 6.99.